The number of hydrogen-bond acceptors (Lipinski definition) is 0. The standard InChI is InChI=1S/C13H13Cl.C2H6/c1-10-7-8-12(9-13(10)14)11-5-3-2-4-6-11;1-2/h3,5-9H,2,4H2,1H3;1-2H3. The van der Waals surface area contributed by atoms with Crippen LogP contribution in [0.1, 0.15) is 37.8 Å². The molecule has 0 spiro atoms. The van der Waals surface area contributed by atoms with Gasteiger partial charge in [0.25, 0.3) is 0 Å². The van der Waals surface area contributed by atoms with Crippen LogP contribution in [-0.2, 0) is 0 Å². The second-order valence-electron chi connectivity index (χ2n) is 3.60. The molecule has 0 saturated carbocycles. The Balaban J connectivity index is 0.000000606. The largest absolute Gasteiger partial charge is 0.0840 e. The molecule has 0 heterocycles. The van der Waals surface area contributed by atoms with Gasteiger partial charge in [-0.15, -0.1) is 0 Å². The maximum absolute atomic E-state index is 6.08. The average Bonchev–Trinajstić information content (AvgIpc) is 2.36. The summed E-state index contributed by atoms with van der Waals surface area (Å²) in [4.78, 5) is 0. The van der Waals surface area contributed by atoms with Gasteiger partial charge in [0.15, 0.2) is 0 Å². The first-order chi connectivity index (χ1) is 7.77. The quantitative estimate of drug-likeness (QED) is 0.610. The van der Waals surface area contributed by atoms with Crippen molar-refractivity contribution in [1.29, 1.82) is 0 Å². The van der Waals surface area contributed by atoms with Crippen molar-refractivity contribution in [2.75, 3.05) is 0 Å². The van der Waals surface area contributed by atoms with Gasteiger partial charge in [-0.05, 0) is 42.5 Å². The Morgan fingerprint density at radius 1 is 1.12 bits per heavy atom. The lowest BCUT2D eigenvalue weighted by molar-refractivity contribution is 1.04. The van der Waals surface area contributed by atoms with Gasteiger partial charge >= 0.3 is 0 Å². The molecule has 1 aliphatic rings. The van der Waals surface area contributed by atoms with Crippen LogP contribution in [0.25, 0.3) is 5.57 Å². The Kier molecular flexibility index (Phi) is 5.34. The van der Waals surface area contributed by atoms with Gasteiger partial charge in [0, 0.05) is 5.02 Å². The summed E-state index contributed by atoms with van der Waals surface area (Å²) in [7, 11) is 0. The van der Waals surface area contributed by atoms with Crippen LogP contribution >= 0.6 is 11.6 Å². The molecule has 0 saturated heterocycles. The predicted octanol–water partition coefficient (Wildman–Crippen LogP) is 5.41. The molecule has 0 amide bonds. The Morgan fingerprint density at radius 2 is 1.88 bits per heavy atom. The molecule has 0 unspecified atom stereocenters. The van der Waals surface area contributed by atoms with E-state index < -0.39 is 0 Å². The molecule has 0 N–H and O–H groups in total. The molecule has 2 rings (SSSR count). The third kappa shape index (κ3) is 3.24. The zero-order valence-electron chi connectivity index (χ0n) is 10.3. The second-order valence-corrected chi connectivity index (χ2v) is 4.01. The van der Waals surface area contributed by atoms with Crippen LogP contribution < -0.4 is 0 Å². The summed E-state index contributed by atoms with van der Waals surface area (Å²) in [5.41, 5.74) is 3.64. The van der Waals surface area contributed by atoms with E-state index in [-0.39, 0.29) is 0 Å². The van der Waals surface area contributed by atoms with E-state index >= 15 is 0 Å². The van der Waals surface area contributed by atoms with Crippen molar-refractivity contribution in [3.05, 3.63) is 52.6 Å². The summed E-state index contributed by atoms with van der Waals surface area (Å²) in [6.45, 7) is 6.03. The van der Waals surface area contributed by atoms with Crippen LogP contribution in [0.3, 0.4) is 0 Å². The lowest BCUT2D eigenvalue weighted by Gasteiger charge is -2.08. The fraction of sp³-hybridized carbons (Fsp3) is 0.333. The number of halogens is 1. The molecule has 1 aliphatic carbocycles. The minimum absolute atomic E-state index is 0.849. The first-order valence-electron chi connectivity index (χ1n) is 5.90. The van der Waals surface area contributed by atoms with Gasteiger partial charge < -0.3 is 0 Å². The maximum atomic E-state index is 6.08. The SMILES string of the molecule is CC.Cc1ccc(C2=CCCC=C2)cc1Cl. The van der Waals surface area contributed by atoms with Crippen molar-refractivity contribution in [3.63, 3.8) is 0 Å². The molecule has 0 atom stereocenters. The monoisotopic (exact) mass is 234 g/mol. The highest BCUT2D eigenvalue weighted by molar-refractivity contribution is 6.31. The normalized spacial score (nSPS) is 13.9. The van der Waals surface area contributed by atoms with Crippen LogP contribution in [0.15, 0.2) is 36.4 Å². The van der Waals surface area contributed by atoms with Crippen LogP contribution in [0, 0.1) is 6.92 Å². The maximum Gasteiger partial charge on any atom is 0.0441 e. The highest BCUT2D eigenvalue weighted by Gasteiger charge is 2.02. The van der Waals surface area contributed by atoms with Gasteiger partial charge in [-0.1, -0.05) is 55.8 Å². The first-order valence-corrected chi connectivity index (χ1v) is 6.28. The van der Waals surface area contributed by atoms with Crippen LogP contribution in [0.4, 0.5) is 0 Å². The molecule has 1 aromatic rings. The minimum atomic E-state index is 0.849. The molecular formula is C15H19Cl. The van der Waals surface area contributed by atoms with Crippen molar-refractivity contribution in [3.8, 4) is 0 Å². The molecule has 0 nitrogen and oxygen atoms in total. The third-order valence-corrected chi connectivity index (χ3v) is 2.91. The fourth-order valence-corrected chi connectivity index (χ4v) is 1.78. The molecule has 86 valence electrons. The van der Waals surface area contributed by atoms with Crippen molar-refractivity contribution >= 4 is 17.2 Å². The zero-order valence-corrected chi connectivity index (χ0v) is 11.0. The number of benzene rings is 1. The van der Waals surface area contributed by atoms with E-state index in [2.05, 4.69) is 30.4 Å². The van der Waals surface area contributed by atoms with Crippen molar-refractivity contribution < 1.29 is 0 Å². The van der Waals surface area contributed by atoms with Crippen molar-refractivity contribution in [1.82, 2.24) is 0 Å². The van der Waals surface area contributed by atoms with Gasteiger partial charge in [-0.25, -0.2) is 0 Å². The van der Waals surface area contributed by atoms with Crippen LogP contribution in [0.2, 0.25) is 5.02 Å². The second kappa shape index (κ2) is 6.55. The van der Waals surface area contributed by atoms with Gasteiger partial charge in [0.1, 0.15) is 0 Å². The highest BCUT2D eigenvalue weighted by atomic mass is 35.5. The Labute approximate surface area is 104 Å². The molecule has 0 fully saturated rings. The summed E-state index contributed by atoms with van der Waals surface area (Å²) in [5.74, 6) is 0. The van der Waals surface area contributed by atoms with E-state index in [1.165, 1.54) is 11.1 Å². The van der Waals surface area contributed by atoms with Gasteiger partial charge in [-0.2, -0.15) is 0 Å². The summed E-state index contributed by atoms with van der Waals surface area (Å²) in [5, 5.41) is 0.849. The smallest absolute Gasteiger partial charge is 0.0441 e. The fourth-order valence-electron chi connectivity index (χ4n) is 1.60. The van der Waals surface area contributed by atoms with Gasteiger partial charge in [0.05, 0.1) is 0 Å². The summed E-state index contributed by atoms with van der Waals surface area (Å²) in [6, 6.07) is 6.24. The summed E-state index contributed by atoms with van der Waals surface area (Å²) < 4.78 is 0. The number of rotatable bonds is 1. The van der Waals surface area contributed by atoms with E-state index in [1.807, 2.05) is 26.8 Å². The minimum Gasteiger partial charge on any atom is -0.0840 e. The number of allylic oxidation sites excluding steroid dienone is 4. The van der Waals surface area contributed by atoms with Gasteiger partial charge in [-0.3, -0.25) is 0 Å². The van der Waals surface area contributed by atoms with Crippen LogP contribution in [0.5, 0.6) is 0 Å². The molecule has 0 aromatic heterocycles. The topological polar surface area (TPSA) is 0 Å². The predicted molar refractivity (Wildman–Crippen MR) is 73.9 cm³/mol. The van der Waals surface area contributed by atoms with Crippen molar-refractivity contribution in [2.45, 2.75) is 33.6 Å². The Morgan fingerprint density at radius 3 is 2.44 bits per heavy atom. The van der Waals surface area contributed by atoms with E-state index in [0.29, 0.717) is 0 Å². The number of aryl methyl sites for hydroxylation is 1. The van der Waals surface area contributed by atoms with Crippen LogP contribution in [-0.4, -0.2) is 0 Å². The van der Waals surface area contributed by atoms with E-state index in [4.69, 9.17) is 11.6 Å². The summed E-state index contributed by atoms with van der Waals surface area (Å²) >= 11 is 6.08. The molecular weight excluding hydrogens is 216 g/mol. The van der Waals surface area contributed by atoms with E-state index in [9.17, 15) is 0 Å². The Hall–Kier alpha value is -1.01. The van der Waals surface area contributed by atoms with Gasteiger partial charge in [0.2, 0.25) is 0 Å². The average molecular weight is 235 g/mol. The molecule has 1 aromatic carbocycles. The molecule has 1 heteroatoms. The molecule has 0 bridgehead atoms. The summed E-state index contributed by atoms with van der Waals surface area (Å²) in [6.07, 6.45) is 8.94. The van der Waals surface area contributed by atoms with E-state index in [0.717, 1.165) is 23.4 Å². The lowest BCUT2D eigenvalue weighted by atomic mass is 9.99. The molecule has 0 aliphatic heterocycles. The number of hydrogen-bond donors (Lipinski definition) is 0. The zero-order chi connectivity index (χ0) is 12.0. The van der Waals surface area contributed by atoms with E-state index in [1.54, 1.807) is 0 Å². The highest BCUT2D eigenvalue weighted by Crippen LogP contribution is 2.25. The van der Waals surface area contributed by atoms with Crippen molar-refractivity contribution in [2.24, 2.45) is 0 Å². The third-order valence-electron chi connectivity index (χ3n) is 2.50. The molecule has 0 radical (unpaired) electrons. The first kappa shape index (κ1) is 13.1. The Bertz CT molecular complexity index is 400. The molecule has 16 heavy (non-hydrogen) atoms. The lowest BCUT2D eigenvalue weighted by Crippen LogP contribution is -1.86.